The molecule has 2 aliphatic heterocycles. The van der Waals surface area contributed by atoms with E-state index in [1.807, 2.05) is 27.0 Å². The van der Waals surface area contributed by atoms with E-state index in [1.165, 1.54) is 18.5 Å². The van der Waals surface area contributed by atoms with Gasteiger partial charge in [0.15, 0.2) is 0 Å². The number of carbonyl (C=O) groups excluding carboxylic acids is 1. The van der Waals surface area contributed by atoms with Gasteiger partial charge in [-0.15, -0.1) is 0 Å². The number of hydrogen-bond acceptors (Lipinski definition) is 6. The third kappa shape index (κ3) is 6.31. The Hall–Kier alpha value is -2.02. The van der Waals surface area contributed by atoms with E-state index >= 15 is 0 Å². The van der Waals surface area contributed by atoms with Crippen LogP contribution in [0.15, 0.2) is 18.3 Å². The molecule has 2 atom stereocenters. The Morgan fingerprint density at radius 3 is 2.48 bits per heavy atom. The minimum atomic E-state index is -0.454. The normalized spacial score (nSPS) is 28.5. The van der Waals surface area contributed by atoms with Crippen LogP contribution in [0.5, 0.6) is 5.88 Å². The molecule has 2 unspecified atom stereocenters. The predicted octanol–water partition coefficient (Wildman–Crippen LogP) is 5.03. The van der Waals surface area contributed by atoms with Crippen molar-refractivity contribution in [3.8, 4) is 5.88 Å². The van der Waals surface area contributed by atoms with Gasteiger partial charge in [0.1, 0.15) is 11.7 Å². The van der Waals surface area contributed by atoms with Gasteiger partial charge in [0.05, 0.1) is 12.2 Å². The van der Waals surface area contributed by atoms with E-state index in [0.29, 0.717) is 25.0 Å². The van der Waals surface area contributed by atoms with Crippen LogP contribution in [0.25, 0.3) is 0 Å². The minimum absolute atomic E-state index is 0.166. The molecule has 7 nitrogen and oxygen atoms in total. The molecule has 0 N–H and O–H groups in total. The molecule has 1 aliphatic carbocycles. The summed E-state index contributed by atoms with van der Waals surface area (Å²) in [6, 6.07) is 4.75. The highest BCUT2D eigenvalue weighted by Gasteiger charge is 2.36. The Balaban J connectivity index is 1.18. The van der Waals surface area contributed by atoms with Gasteiger partial charge in [0, 0.05) is 56.5 Å². The number of ether oxygens (including phenoxy) is 3. The topological polar surface area (TPSA) is 64.1 Å². The number of piperidine rings is 1. The fourth-order valence-corrected chi connectivity index (χ4v) is 5.11. The summed E-state index contributed by atoms with van der Waals surface area (Å²) in [5.41, 5.74) is 0.761. The smallest absolute Gasteiger partial charge is 0.410 e. The van der Waals surface area contributed by atoms with Crippen molar-refractivity contribution in [2.45, 2.75) is 103 Å². The molecular weight excluding hydrogens is 418 g/mol. The van der Waals surface area contributed by atoms with Gasteiger partial charge in [-0.1, -0.05) is 13.3 Å². The molecule has 3 fully saturated rings. The Bertz CT molecular complexity index is 797. The van der Waals surface area contributed by atoms with Gasteiger partial charge in [-0.25, -0.2) is 9.78 Å². The summed E-state index contributed by atoms with van der Waals surface area (Å²) in [4.78, 5) is 20.9. The lowest BCUT2D eigenvalue weighted by Gasteiger charge is -2.39. The zero-order valence-electron chi connectivity index (χ0n) is 21.0. The molecular formula is C26H41N3O4. The first-order valence-electron chi connectivity index (χ1n) is 12.7. The molecule has 0 spiro atoms. The van der Waals surface area contributed by atoms with E-state index in [2.05, 4.69) is 35.9 Å². The highest BCUT2D eigenvalue weighted by atomic mass is 16.6. The second kappa shape index (κ2) is 10.1. The van der Waals surface area contributed by atoms with Crippen molar-refractivity contribution >= 4 is 11.8 Å². The minimum Gasteiger partial charge on any atom is -0.474 e. The van der Waals surface area contributed by atoms with Crippen LogP contribution in [0.2, 0.25) is 0 Å². The van der Waals surface area contributed by atoms with Gasteiger partial charge < -0.3 is 24.0 Å². The first kappa shape index (κ1) is 24.1. The zero-order chi connectivity index (χ0) is 23.6. The standard InChI is InChI=1S/C26H41N3O4/c1-6-19-13-18(2)29(17-19)20-7-10-27-24(14-20)32-23-15-22(16-23)31-21-8-11-28(12-9-21)25(30)33-26(3,4)5/h7,10,14,18-19,21-23H,6,8-9,11-13,15-17H2,1-5H3. The summed E-state index contributed by atoms with van der Waals surface area (Å²) in [6.07, 6.45) is 8.26. The molecule has 1 saturated carbocycles. The molecule has 1 aromatic heterocycles. The summed E-state index contributed by atoms with van der Waals surface area (Å²) in [7, 11) is 0. The van der Waals surface area contributed by atoms with Crippen LogP contribution in [0.4, 0.5) is 10.5 Å². The molecule has 2 saturated heterocycles. The molecule has 0 aromatic carbocycles. The molecule has 1 aromatic rings. The Morgan fingerprint density at radius 1 is 1.12 bits per heavy atom. The second-order valence-corrected chi connectivity index (χ2v) is 11.0. The Labute approximate surface area is 198 Å². The van der Waals surface area contributed by atoms with Gasteiger partial charge in [-0.05, 0) is 58.9 Å². The summed E-state index contributed by atoms with van der Waals surface area (Å²) < 4.78 is 17.9. The van der Waals surface area contributed by atoms with Crippen molar-refractivity contribution in [2.75, 3.05) is 24.5 Å². The molecule has 7 heteroatoms. The van der Waals surface area contributed by atoms with E-state index in [0.717, 1.165) is 38.1 Å². The Kier molecular flexibility index (Phi) is 7.37. The number of nitrogens with zero attached hydrogens (tertiary/aromatic N) is 3. The largest absolute Gasteiger partial charge is 0.474 e. The van der Waals surface area contributed by atoms with Crippen molar-refractivity contribution in [3.05, 3.63) is 18.3 Å². The summed E-state index contributed by atoms with van der Waals surface area (Å²) in [5.74, 6) is 1.49. The average Bonchev–Trinajstić information content (AvgIpc) is 3.12. The number of carbonyl (C=O) groups is 1. The fourth-order valence-electron chi connectivity index (χ4n) is 5.11. The lowest BCUT2D eigenvalue weighted by molar-refractivity contribution is -0.110. The van der Waals surface area contributed by atoms with E-state index in [9.17, 15) is 4.79 Å². The van der Waals surface area contributed by atoms with E-state index in [-0.39, 0.29) is 24.4 Å². The van der Waals surface area contributed by atoms with Crippen molar-refractivity contribution in [2.24, 2.45) is 5.92 Å². The van der Waals surface area contributed by atoms with Crippen LogP contribution in [0.3, 0.4) is 0 Å². The predicted molar refractivity (Wildman–Crippen MR) is 129 cm³/mol. The molecule has 0 radical (unpaired) electrons. The van der Waals surface area contributed by atoms with Crippen LogP contribution < -0.4 is 9.64 Å². The van der Waals surface area contributed by atoms with Gasteiger partial charge in [0.25, 0.3) is 0 Å². The van der Waals surface area contributed by atoms with Gasteiger partial charge in [-0.2, -0.15) is 0 Å². The van der Waals surface area contributed by atoms with E-state index in [1.54, 1.807) is 4.90 Å². The number of anilines is 1. The first-order valence-corrected chi connectivity index (χ1v) is 12.7. The SMILES string of the molecule is CCC1CC(C)N(c2ccnc(OC3CC(OC4CCN(C(=O)OC(C)(C)C)CC4)C3)c2)C1. The van der Waals surface area contributed by atoms with Gasteiger partial charge in [0.2, 0.25) is 5.88 Å². The van der Waals surface area contributed by atoms with Gasteiger partial charge >= 0.3 is 6.09 Å². The number of amides is 1. The maximum absolute atomic E-state index is 12.2. The number of rotatable bonds is 6. The van der Waals surface area contributed by atoms with Crippen LogP contribution in [-0.4, -0.2) is 65.6 Å². The molecule has 184 valence electrons. The molecule has 33 heavy (non-hydrogen) atoms. The van der Waals surface area contributed by atoms with Crippen molar-refractivity contribution in [1.29, 1.82) is 0 Å². The van der Waals surface area contributed by atoms with Crippen LogP contribution in [0, 0.1) is 5.92 Å². The molecule has 3 heterocycles. The van der Waals surface area contributed by atoms with Crippen molar-refractivity contribution in [1.82, 2.24) is 9.88 Å². The first-order chi connectivity index (χ1) is 15.7. The summed E-state index contributed by atoms with van der Waals surface area (Å²) in [6.45, 7) is 12.8. The summed E-state index contributed by atoms with van der Waals surface area (Å²) >= 11 is 0. The molecule has 1 amide bonds. The number of pyridine rings is 1. The van der Waals surface area contributed by atoms with E-state index < -0.39 is 5.60 Å². The van der Waals surface area contributed by atoms with Crippen LogP contribution in [-0.2, 0) is 9.47 Å². The highest BCUT2D eigenvalue weighted by molar-refractivity contribution is 5.68. The molecule has 3 aliphatic rings. The Morgan fingerprint density at radius 2 is 1.85 bits per heavy atom. The van der Waals surface area contributed by atoms with Crippen LogP contribution >= 0.6 is 0 Å². The van der Waals surface area contributed by atoms with Gasteiger partial charge in [-0.3, -0.25) is 0 Å². The fraction of sp³-hybridized carbons (Fsp3) is 0.769. The average molecular weight is 460 g/mol. The quantitative estimate of drug-likeness (QED) is 0.594. The van der Waals surface area contributed by atoms with Crippen molar-refractivity contribution in [3.63, 3.8) is 0 Å². The number of aromatic nitrogens is 1. The monoisotopic (exact) mass is 459 g/mol. The summed E-state index contributed by atoms with van der Waals surface area (Å²) in [5, 5.41) is 0. The van der Waals surface area contributed by atoms with E-state index in [4.69, 9.17) is 14.2 Å². The molecule has 0 bridgehead atoms. The third-order valence-electron chi connectivity index (χ3n) is 7.11. The molecule has 4 rings (SSSR count). The lowest BCUT2D eigenvalue weighted by Crippen LogP contribution is -2.46. The maximum Gasteiger partial charge on any atom is 0.410 e. The van der Waals surface area contributed by atoms with Crippen molar-refractivity contribution < 1.29 is 19.0 Å². The third-order valence-corrected chi connectivity index (χ3v) is 7.11. The highest BCUT2D eigenvalue weighted by Crippen LogP contribution is 2.34. The number of hydrogen-bond donors (Lipinski definition) is 0. The maximum atomic E-state index is 12.2. The zero-order valence-corrected chi connectivity index (χ0v) is 21.0. The lowest BCUT2D eigenvalue weighted by atomic mass is 9.91. The number of likely N-dealkylation sites (tertiary alicyclic amines) is 1. The van der Waals surface area contributed by atoms with Crippen LogP contribution in [0.1, 0.15) is 73.1 Å². The second-order valence-electron chi connectivity index (χ2n) is 11.0.